The van der Waals surface area contributed by atoms with Crippen molar-refractivity contribution in [3.63, 3.8) is 0 Å². The monoisotopic (exact) mass is 404 g/mol. The highest BCUT2D eigenvalue weighted by molar-refractivity contribution is 5.93. The van der Waals surface area contributed by atoms with Gasteiger partial charge in [0, 0.05) is 31.5 Å². The zero-order valence-corrected chi connectivity index (χ0v) is 17.2. The lowest BCUT2D eigenvalue weighted by molar-refractivity contribution is -0.120. The molecule has 7 nitrogen and oxygen atoms in total. The Balaban J connectivity index is 1.38. The molecule has 0 bridgehead atoms. The van der Waals surface area contributed by atoms with Crippen LogP contribution in [0.3, 0.4) is 0 Å². The number of carbonyl (C=O) groups is 1. The Bertz CT molecular complexity index is 1010. The molecule has 2 aliphatic rings. The summed E-state index contributed by atoms with van der Waals surface area (Å²) in [6, 6.07) is 10.4. The number of rotatable bonds is 4. The van der Waals surface area contributed by atoms with Gasteiger partial charge in [0.1, 0.15) is 0 Å². The maximum absolute atomic E-state index is 13.2. The van der Waals surface area contributed by atoms with Crippen LogP contribution in [0.4, 0.5) is 11.9 Å². The van der Waals surface area contributed by atoms with E-state index in [9.17, 15) is 4.79 Å². The number of para-hydroxylation sites is 2. The van der Waals surface area contributed by atoms with Gasteiger partial charge in [-0.1, -0.05) is 31.4 Å². The third kappa shape index (κ3) is 3.76. The normalized spacial score (nSPS) is 20.4. The number of amides is 1. The molecule has 3 aromatic rings. The lowest BCUT2D eigenvalue weighted by atomic mass is 9.95. The number of benzene rings is 1. The number of aromatic nitrogens is 4. The SMILES string of the molecule is O=C(Nc1nc2ccccc2n1C1CCCCC1)C1CCCN(c2ncccn2)C1. The van der Waals surface area contributed by atoms with Crippen LogP contribution in [-0.4, -0.2) is 38.5 Å². The summed E-state index contributed by atoms with van der Waals surface area (Å²) in [5.41, 5.74) is 2.06. The van der Waals surface area contributed by atoms with E-state index >= 15 is 0 Å². The Hall–Kier alpha value is -2.96. The summed E-state index contributed by atoms with van der Waals surface area (Å²) >= 11 is 0. The van der Waals surface area contributed by atoms with Crippen molar-refractivity contribution in [3.8, 4) is 0 Å². The highest BCUT2D eigenvalue weighted by atomic mass is 16.2. The number of fused-ring (bicyclic) bond motifs is 1. The van der Waals surface area contributed by atoms with Crippen molar-refractivity contribution in [1.29, 1.82) is 0 Å². The second kappa shape index (κ2) is 8.42. The highest BCUT2D eigenvalue weighted by Crippen LogP contribution is 2.34. The van der Waals surface area contributed by atoms with Crippen LogP contribution in [0.2, 0.25) is 0 Å². The number of imidazole rings is 1. The van der Waals surface area contributed by atoms with Crippen LogP contribution in [-0.2, 0) is 4.79 Å². The molecule has 7 heteroatoms. The lowest BCUT2D eigenvalue weighted by Crippen LogP contribution is -2.41. The van der Waals surface area contributed by atoms with Crippen molar-refractivity contribution in [2.24, 2.45) is 5.92 Å². The highest BCUT2D eigenvalue weighted by Gasteiger charge is 2.29. The molecule has 1 saturated heterocycles. The fraction of sp³-hybridized carbons (Fsp3) is 0.478. The van der Waals surface area contributed by atoms with Crippen molar-refractivity contribution in [2.75, 3.05) is 23.3 Å². The predicted molar refractivity (Wildman–Crippen MR) is 117 cm³/mol. The Morgan fingerprint density at radius 3 is 2.60 bits per heavy atom. The number of hydrogen-bond acceptors (Lipinski definition) is 5. The first-order chi connectivity index (χ1) is 14.8. The number of anilines is 2. The molecule has 1 saturated carbocycles. The van der Waals surface area contributed by atoms with Crippen molar-refractivity contribution in [2.45, 2.75) is 51.0 Å². The topological polar surface area (TPSA) is 75.9 Å². The van der Waals surface area contributed by atoms with Crippen LogP contribution in [0.15, 0.2) is 42.7 Å². The fourth-order valence-corrected chi connectivity index (χ4v) is 4.88. The van der Waals surface area contributed by atoms with Crippen LogP contribution in [0.25, 0.3) is 11.0 Å². The molecule has 5 rings (SSSR count). The lowest BCUT2D eigenvalue weighted by Gasteiger charge is -2.32. The first-order valence-electron chi connectivity index (χ1n) is 11.1. The van der Waals surface area contributed by atoms with E-state index in [1.807, 2.05) is 24.3 Å². The third-order valence-electron chi connectivity index (χ3n) is 6.40. The Labute approximate surface area is 176 Å². The first kappa shape index (κ1) is 19.0. The molecular weight excluding hydrogens is 376 g/mol. The summed E-state index contributed by atoms with van der Waals surface area (Å²) in [7, 11) is 0. The van der Waals surface area contributed by atoms with E-state index in [0.717, 1.165) is 43.3 Å². The summed E-state index contributed by atoms with van der Waals surface area (Å²) in [5.74, 6) is 1.34. The van der Waals surface area contributed by atoms with Gasteiger partial charge >= 0.3 is 0 Å². The maximum Gasteiger partial charge on any atom is 0.231 e. The van der Waals surface area contributed by atoms with Crippen LogP contribution in [0, 0.1) is 5.92 Å². The molecule has 156 valence electrons. The zero-order chi connectivity index (χ0) is 20.3. The molecule has 2 aromatic heterocycles. The van der Waals surface area contributed by atoms with Crippen LogP contribution < -0.4 is 10.2 Å². The standard InChI is InChI=1S/C23H28N6O/c30-21(17-8-6-15-28(16-17)22-24-13-7-14-25-22)27-23-26-19-11-4-5-12-20(19)29(23)18-9-2-1-3-10-18/h4-5,7,11-14,17-18H,1-3,6,8-10,15-16H2,(H,26,27,30). The molecule has 1 atom stereocenters. The van der Waals surface area contributed by atoms with Gasteiger partial charge in [0.15, 0.2) is 0 Å². The molecule has 30 heavy (non-hydrogen) atoms. The number of nitrogens with zero attached hydrogens (tertiary/aromatic N) is 5. The van der Waals surface area contributed by atoms with Gasteiger partial charge in [-0.05, 0) is 43.9 Å². The molecule has 1 aliphatic heterocycles. The second-order valence-corrected chi connectivity index (χ2v) is 8.41. The predicted octanol–water partition coefficient (Wildman–Crippen LogP) is 4.19. The van der Waals surface area contributed by atoms with E-state index in [0.29, 0.717) is 24.5 Å². The quantitative estimate of drug-likeness (QED) is 0.706. The minimum absolute atomic E-state index is 0.0444. The summed E-state index contributed by atoms with van der Waals surface area (Å²) in [6.45, 7) is 1.52. The van der Waals surface area contributed by atoms with Gasteiger partial charge in [-0.3, -0.25) is 10.1 Å². The van der Waals surface area contributed by atoms with Crippen molar-refractivity contribution >= 4 is 28.8 Å². The molecule has 0 spiro atoms. The average molecular weight is 405 g/mol. The molecule has 1 aromatic carbocycles. The minimum atomic E-state index is -0.0952. The minimum Gasteiger partial charge on any atom is -0.340 e. The van der Waals surface area contributed by atoms with E-state index in [2.05, 4.69) is 30.8 Å². The number of nitrogens with one attached hydrogen (secondary N) is 1. The van der Waals surface area contributed by atoms with Gasteiger partial charge in [-0.15, -0.1) is 0 Å². The molecule has 1 aliphatic carbocycles. The molecule has 3 heterocycles. The van der Waals surface area contributed by atoms with Crippen molar-refractivity contribution in [1.82, 2.24) is 19.5 Å². The van der Waals surface area contributed by atoms with Crippen molar-refractivity contribution in [3.05, 3.63) is 42.7 Å². The van der Waals surface area contributed by atoms with Crippen LogP contribution in [0.5, 0.6) is 0 Å². The van der Waals surface area contributed by atoms with E-state index in [1.165, 1.54) is 19.3 Å². The van der Waals surface area contributed by atoms with Crippen LogP contribution >= 0.6 is 0 Å². The summed E-state index contributed by atoms with van der Waals surface area (Å²) in [5, 5.41) is 3.18. The fourth-order valence-electron chi connectivity index (χ4n) is 4.88. The Kier molecular flexibility index (Phi) is 5.34. The smallest absolute Gasteiger partial charge is 0.231 e. The maximum atomic E-state index is 13.2. The van der Waals surface area contributed by atoms with Crippen molar-refractivity contribution < 1.29 is 4.79 Å². The number of hydrogen-bond donors (Lipinski definition) is 1. The average Bonchev–Trinajstić information content (AvgIpc) is 3.18. The molecule has 0 radical (unpaired) electrons. The Morgan fingerprint density at radius 1 is 0.967 bits per heavy atom. The summed E-state index contributed by atoms with van der Waals surface area (Å²) in [4.78, 5) is 28.8. The van der Waals surface area contributed by atoms with E-state index in [4.69, 9.17) is 4.98 Å². The summed E-state index contributed by atoms with van der Waals surface area (Å²) < 4.78 is 2.27. The van der Waals surface area contributed by atoms with Gasteiger partial charge < -0.3 is 9.47 Å². The van der Waals surface area contributed by atoms with Crippen LogP contribution in [0.1, 0.15) is 51.0 Å². The molecule has 2 fully saturated rings. The van der Waals surface area contributed by atoms with E-state index in [-0.39, 0.29) is 11.8 Å². The van der Waals surface area contributed by atoms with Gasteiger partial charge in [0.25, 0.3) is 0 Å². The number of carbonyl (C=O) groups excluding carboxylic acids is 1. The second-order valence-electron chi connectivity index (χ2n) is 8.41. The van der Waals surface area contributed by atoms with Gasteiger partial charge in [-0.2, -0.15) is 0 Å². The number of piperidine rings is 1. The zero-order valence-electron chi connectivity index (χ0n) is 17.2. The Morgan fingerprint density at radius 2 is 1.77 bits per heavy atom. The van der Waals surface area contributed by atoms with E-state index < -0.39 is 0 Å². The third-order valence-corrected chi connectivity index (χ3v) is 6.40. The van der Waals surface area contributed by atoms with Gasteiger partial charge in [0.2, 0.25) is 17.8 Å². The molecule has 1 unspecified atom stereocenters. The molecular formula is C23H28N6O. The first-order valence-corrected chi connectivity index (χ1v) is 11.1. The summed E-state index contributed by atoms with van der Waals surface area (Å²) in [6.07, 6.45) is 11.4. The van der Waals surface area contributed by atoms with Gasteiger partial charge in [0.05, 0.1) is 17.0 Å². The van der Waals surface area contributed by atoms with E-state index in [1.54, 1.807) is 12.4 Å². The molecule has 1 N–H and O–H groups in total. The molecule has 1 amide bonds. The largest absolute Gasteiger partial charge is 0.340 e. The van der Waals surface area contributed by atoms with Gasteiger partial charge in [-0.25, -0.2) is 15.0 Å².